The second kappa shape index (κ2) is 5.81. The first-order valence-corrected chi connectivity index (χ1v) is 9.68. The molecular formula is C14H24N4O3S. The van der Waals surface area contributed by atoms with Crippen molar-refractivity contribution < 1.29 is 8.42 Å². The molecule has 1 saturated heterocycles. The standard InChI is InChI=1S/C14H24N4O3S/c1-3-10-22(20,21)17-8-6-12(7-9-17)18-13(11-4-5-11)15-16(2)14(18)19/h11-12H,3-10H2,1-2H3. The van der Waals surface area contributed by atoms with Crippen LogP contribution >= 0.6 is 0 Å². The van der Waals surface area contributed by atoms with Crippen LogP contribution in [0.1, 0.15) is 56.8 Å². The summed E-state index contributed by atoms with van der Waals surface area (Å²) in [6.45, 7) is 2.87. The smallest absolute Gasteiger partial charge is 0.275 e. The number of hydrogen-bond donors (Lipinski definition) is 0. The molecule has 22 heavy (non-hydrogen) atoms. The van der Waals surface area contributed by atoms with Gasteiger partial charge in [0.1, 0.15) is 5.82 Å². The van der Waals surface area contributed by atoms with Gasteiger partial charge in [0.15, 0.2) is 0 Å². The monoisotopic (exact) mass is 328 g/mol. The average molecular weight is 328 g/mol. The Morgan fingerprint density at radius 2 is 1.82 bits per heavy atom. The Hall–Kier alpha value is -1.15. The first-order chi connectivity index (χ1) is 10.4. The van der Waals surface area contributed by atoms with Crippen LogP contribution in [0, 0.1) is 0 Å². The van der Waals surface area contributed by atoms with Crippen molar-refractivity contribution in [2.45, 2.75) is 51.0 Å². The number of nitrogens with zero attached hydrogens (tertiary/aromatic N) is 4. The summed E-state index contributed by atoms with van der Waals surface area (Å²) in [4.78, 5) is 12.3. The van der Waals surface area contributed by atoms with E-state index in [1.54, 1.807) is 11.4 Å². The molecule has 1 saturated carbocycles. The van der Waals surface area contributed by atoms with Crippen LogP contribution in [-0.2, 0) is 17.1 Å². The number of hydrogen-bond acceptors (Lipinski definition) is 4. The predicted octanol–water partition coefficient (Wildman–Crippen LogP) is 0.836. The maximum absolute atomic E-state index is 12.3. The Kier molecular flexibility index (Phi) is 4.15. The molecule has 1 aliphatic carbocycles. The molecule has 0 amide bonds. The number of rotatable bonds is 5. The highest BCUT2D eigenvalue weighted by atomic mass is 32.2. The van der Waals surface area contributed by atoms with Crippen LogP contribution in [0.3, 0.4) is 0 Å². The lowest BCUT2D eigenvalue weighted by Crippen LogP contribution is -2.42. The zero-order chi connectivity index (χ0) is 15.9. The van der Waals surface area contributed by atoms with E-state index in [1.165, 1.54) is 4.68 Å². The summed E-state index contributed by atoms with van der Waals surface area (Å²) < 4.78 is 29.1. The molecule has 124 valence electrons. The number of piperidine rings is 1. The second-order valence-corrected chi connectivity index (χ2v) is 8.44. The largest absolute Gasteiger partial charge is 0.345 e. The fourth-order valence-corrected chi connectivity index (χ4v) is 4.77. The summed E-state index contributed by atoms with van der Waals surface area (Å²) in [5.74, 6) is 1.51. The summed E-state index contributed by atoms with van der Waals surface area (Å²) >= 11 is 0. The minimum atomic E-state index is -3.13. The van der Waals surface area contributed by atoms with Gasteiger partial charge in [-0.25, -0.2) is 22.2 Å². The molecule has 0 atom stereocenters. The van der Waals surface area contributed by atoms with Crippen molar-refractivity contribution in [3.05, 3.63) is 16.3 Å². The Morgan fingerprint density at radius 1 is 1.18 bits per heavy atom. The fraction of sp³-hybridized carbons (Fsp3) is 0.857. The third-order valence-corrected chi connectivity index (χ3v) is 6.64. The lowest BCUT2D eigenvalue weighted by molar-refractivity contribution is 0.266. The highest BCUT2D eigenvalue weighted by Crippen LogP contribution is 2.40. The van der Waals surface area contributed by atoms with E-state index in [0.29, 0.717) is 38.3 Å². The van der Waals surface area contributed by atoms with Gasteiger partial charge in [-0.2, -0.15) is 5.10 Å². The van der Waals surface area contributed by atoms with E-state index in [-0.39, 0.29) is 17.5 Å². The van der Waals surface area contributed by atoms with E-state index in [0.717, 1.165) is 18.7 Å². The molecule has 0 N–H and O–H groups in total. The lowest BCUT2D eigenvalue weighted by Gasteiger charge is -2.31. The van der Waals surface area contributed by atoms with Gasteiger partial charge in [0.2, 0.25) is 10.0 Å². The van der Waals surface area contributed by atoms with E-state index in [4.69, 9.17) is 0 Å². The van der Waals surface area contributed by atoms with E-state index in [9.17, 15) is 13.2 Å². The molecule has 2 aliphatic rings. The quantitative estimate of drug-likeness (QED) is 0.802. The van der Waals surface area contributed by atoms with E-state index < -0.39 is 10.0 Å². The Labute approximate surface area is 131 Å². The minimum absolute atomic E-state index is 0.0724. The molecule has 2 fully saturated rings. The topological polar surface area (TPSA) is 77.2 Å². The van der Waals surface area contributed by atoms with E-state index in [1.807, 2.05) is 11.5 Å². The van der Waals surface area contributed by atoms with Crippen LogP contribution in [0.4, 0.5) is 0 Å². The molecule has 0 radical (unpaired) electrons. The van der Waals surface area contributed by atoms with Gasteiger partial charge in [-0.3, -0.25) is 4.57 Å². The third kappa shape index (κ3) is 2.86. The molecule has 0 unspecified atom stereocenters. The SMILES string of the molecule is CCCS(=O)(=O)N1CCC(n2c(C3CC3)nn(C)c2=O)CC1. The van der Waals surface area contributed by atoms with E-state index >= 15 is 0 Å². The molecule has 8 heteroatoms. The molecule has 7 nitrogen and oxygen atoms in total. The molecule has 0 spiro atoms. The highest BCUT2D eigenvalue weighted by Gasteiger charge is 2.35. The molecule has 1 aromatic rings. The minimum Gasteiger partial charge on any atom is -0.275 e. The molecule has 0 bridgehead atoms. The predicted molar refractivity (Wildman–Crippen MR) is 83.4 cm³/mol. The van der Waals surface area contributed by atoms with Gasteiger partial charge in [-0.15, -0.1) is 0 Å². The molecule has 3 rings (SSSR count). The number of aromatic nitrogens is 3. The third-order valence-electron chi connectivity index (χ3n) is 4.57. The Morgan fingerprint density at radius 3 is 2.36 bits per heavy atom. The van der Waals surface area contributed by atoms with Crippen LogP contribution in [0.2, 0.25) is 0 Å². The van der Waals surface area contributed by atoms with Crippen LogP contribution in [-0.4, -0.2) is 45.9 Å². The van der Waals surface area contributed by atoms with Crippen molar-refractivity contribution >= 4 is 10.0 Å². The van der Waals surface area contributed by atoms with Crippen LogP contribution < -0.4 is 5.69 Å². The van der Waals surface area contributed by atoms with Crippen molar-refractivity contribution in [1.29, 1.82) is 0 Å². The summed E-state index contributed by atoms with van der Waals surface area (Å²) in [6, 6.07) is 0.0740. The normalized spacial score (nSPS) is 21.4. The Bertz CT molecular complexity index is 694. The summed E-state index contributed by atoms with van der Waals surface area (Å²) in [5.41, 5.74) is -0.0724. The van der Waals surface area contributed by atoms with Gasteiger partial charge < -0.3 is 0 Å². The van der Waals surface area contributed by atoms with Gasteiger partial charge in [0.25, 0.3) is 0 Å². The van der Waals surface area contributed by atoms with Crippen LogP contribution in [0.15, 0.2) is 4.79 Å². The molecule has 0 aromatic carbocycles. The van der Waals surface area contributed by atoms with Gasteiger partial charge in [0, 0.05) is 32.1 Å². The summed E-state index contributed by atoms with van der Waals surface area (Å²) in [6.07, 6.45) is 4.21. The Balaban J connectivity index is 1.76. The van der Waals surface area contributed by atoms with Crippen molar-refractivity contribution in [2.24, 2.45) is 7.05 Å². The number of aryl methyl sites for hydroxylation is 1. The lowest BCUT2D eigenvalue weighted by atomic mass is 10.1. The van der Waals surface area contributed by atoms with Gasteiger partial charge in [0.05, 0.1) is 5.75 Å². The first kappa shape index (κ1) is 15.7. The summed E-state index contributed by atoms with van der Waals surface area (Å²) in [5, 5.41) is 4.38. The molecule has 1 aliphatic heterocycles. The van der Waals surface area contributed by atoms with Crippen LogP contribution in [0.5, 0.6) is 0 Å². The zero-order valence-corrected chi connectivity index (χ0v) is 14.0. The second-order valence-electron chi connectivity index (χ2n) is 6.35. The average Bonchev–Trinajstić information content (AvgIpc) is 3.27. The molecular weight excluding hydrogens is 304 g/mol. The van der Waals surface area contributed by atoms with Crippen molar-refractivity contribution in [2.75, 3.05) is 18.8 Å². The maximum atomic E-state index is 12.3. The van der Waals surface area contributed by atoms with Crippen LogP contribution in [0.25, 0.3) is 0 Å². The maximum Gasteiger partial charge on any atom is 0.345 e. The van der Waals surface area contributed by atoms with Gasteiger partial charge >= 0.3 is 5.69 Å². The fourth-order valence-electron chi connectivity index (χ4n) is 3.23. The molecule has 1 aromatic heterocycles. The van der Waals surface area contributed by atoms with Gasteiger partial charge in [-0.05, 0) is 32.1 Å². The van der Waals surface area contributed by atoms with E-state index in [2.05, 4.69) is 5.10 Å². The molecule has 2 heterocycles. The summed E-state index contributed by atoms with van der Waals surface area (Å²) in [7, 11) is -1.45. The van der Waals surface area contributed by atoms with Gasteiger partial charge in [-0.1, -0.05) is 6.92 Å². The van der Waals surface area contributed by atoms with Crippen molar-refractivity contribution in [1.82, 2.24) is 18.7 Å². The first-order valence-electron chi connectivity index (χ1n) is 8.07. The zero-order valence-electron chi connectivity index (χ0n) is 13.2. The number of sulfonamides is 1. The highest BCUT2D eigenvalue weighted by molar-refractivity contribution is 7.89. The van der Waals surface area contributed by atoms with Crippen molar-refractivity contribution in [3.8, 4) is 0 Å². The van der Waals surface area contributed by atoms with Crippen molar-refractivity contribution in [3.63, 3.8) is 0 Å².